The summed E-state index contributed by atoms with van der Waals surface area (Å²) in [5.41, 5.74) is 5.08. The predicted octanol–water partition coefficient (Wildman–Crippen LogP) is 6.64. The quantitative estimate of drug-likeness (QED) is 0.363. The zero-order chi connectivity index (χ0) is 26.8. The minimum Gasteiger partial charge on any atom is -0.493 e. The number of carbonyl (C=O) groups excluding carboxylic acids is 2. The molecule has 0 spiro atoms. The molecule has 38 heavy (non-hydrogen) atoms. The van der Waals surface area contributed by atoms with Crippen LogP contribution < -0.4 is 9.47 Å². The van der Waals surface area contributed by atoms with Gasteiger partial charge in [-0.1, -0.05) is 35.3 Å². The van der Waals surface area contributed by atoms with Gasteiger partial charge < -0.3 is 19.1 Å². The number of allylic oxidation sites excluding steroid dienone is 4. The van der Waals surface area contributed by atoms with Crippen LogP contribution >= 0.6 is 23.2 Å². The lowest BCUT2D eigenvalue weighted by molar-refractivity contribution is -0.117. The molecule has 2 aromatic rings. The van der Waals surface area contributed by atoms with Gasteiger partial charge in [-0.3, -0.25) is 9.59 Å². The van der Waals surface area contributed by atoms with Crippen LogP contribution in [-0.4, -0.2) is 43.8 Å². The largest absolute Gasteiger partial charge is 0.493 e. The van der Waals surface area contributed by atoms with E-state index in [0.717, 1.165) is 48.2 Å². The SMILES string of the molecule is COCCN1C2=C(C(=O)CCC2)C(c2cc(Cl)c(OCc3cccc(Cl)c3)c(OC)c2)C2=C1CCCC2=O. The molecule has 0 atom stereocenters. The maximum absolute atomic E-state index is 13.5. The Morgan fingerprint density at radius 1 is 0.921 bits per heavy atom. The summed E-state index contributed by atoms with van der Waals surface area (Å²) < 4.78 is 17.1. The smallest absolute Gasteiger partial charge is 0.180 e. The molecule has 0 N–H and O–H groups in total. The number of hydrogen-bond donors (Lipinski definition) is 0. The summed E-state index contributed by atoms with van der Waals surface area (Å²) in [6, 6.07) is 11.1. The van der Waals surface area contributed by atoms with E-state index in [9.17, 15) is 9.59 Å². The third-order valence-electron chi connectivity index (χ3n) is 7.46. The van der Waals surface area contributed by atoms with Crippen molar-refractivity contribution in [2.75, 3.05) is 27.4 Å². The van der Waals surface area contributed by atoms with Crippen molar-refractivity contribution in [3.05, 3.63) is 80.1 Å². The molecule has 8 heteroatoms. The monoisotopic (exact) mass is 555 g/mol. The third-order valence-corrected chi connectivity index (χ3v) is 7.98. The summed E-state index contributed by atoms with van der Waals surface area (Å²) in [6.45, 7) is 1.39. The molecule has 0 fully saturated rings. The van der Waals surface area contributed by atoms with Crippen molar-refractivity contribution < 1.29 is 23.8 Å². The van der Waals surface area contributed by atoms with Crippen molar-refractivity contribution in [1.29, 1.82) is 0 Å². The zero-order valence-electron chi connectivity index (χ0n) is 21.6. The van der Waals surface area contributed by atoms with Crippen LogP contribution in [0.15, 0.2) is 58.9 Å². The summed E-state index contributed by atoms with van der Waals surface area (Å²) in [7, 11) is 3.22. The molecule has 3 aliphatic rings. The molecule has 6 nitrogen and oxygen atoms in total. The van der Waals surface area contributed by atoms with E-state index in [0.29, 0.717) is 58.7 Å². The maximum Gasteiger partial charge on any atom is 0.180 e. The normalized spacial score (nSPS) is 18.1. The predicted molar refractivity (Wildman–Crippen MR) is 147 cm³/mol. The second kappa shape index (κ2) is 11.5. The van der Waals surface area contributed by atoms with Gasteiger partial charge in [0.2, 0.25) is 0 Å². The van der Waals surface area contributed by atoms with E-state index in [2.05, 4.69) is 4.90 Å². The van der Waals surface area contributed by atoms with Gasteiger partial charge in [0.05, 0.1) is 18.7 Å². The minimum atomic E-state index is -0.479. The van der Waals surface area contributed by atoms with E-state index in [-0.39, 0.29) is 18.2 Å². The molecule has 1 heterocycles. The Kier molecular flexibility index (Phi) is 8.12. The van der Waals surface area contributed by atoms with Gasteiger partial charge in [0.25, 0.3) is 0 Å². The molecular weight excluding hydrogens is 525 g/mol. The van der Waals surface area contributed by atoms with Gasteiger partial charge in [0.1, 0.15) is 6.61 Å². The first-order chi connectivity index (χ1) is 18.4. The van der Waals surface area contributed by atoms with Gasteiger partial charge in [0.15, 0.2) is 23.1 Å². The molecule has 2 aromatic carbocycles. The van der Waals surface area contributed by atoms with Gasteiger partial charge in [0, 0.05) is 60.0 Å². The Morgan fingerprint density at radius 3 is 2.21 bits per heavy atom. The highest BCUT2D eigenvalue weighted by molar-refractivity contribution is 6.32. The fourth-order valence-electron chi connectivity index (χ4n) is 5.83. The number of ether oxygens (including phenoxy) is 3. The van der Waals surface area contributed by atoms with Crippen molar-refractivity contribution in [3.63, 3.8) is 0 Å². The summed E-state index contributed by atoms with van der Waals surface area (Å²) in [5.74, 6) is 0.545. The summed E-state index contributed by atoms with van der Waals surface area (Å²) in [4.78, 5) is 29.1. The maximum atomic E-state index is 13.5. The lowest BCUT2D eigenvalue weighted by Gasteiger charge is -2.44. The van der Waals surface area contributed by atoms with Crippen molar-refractivity contribution in [2.45, 2.75) is 51.0 Å². The molecule has 0 saturated carbocycles. The molecule has 0 radical (unpaired) electrons. The van der Waals surface area contributed by atoms with E-state index in [4.69, 9.17) is 37.4 Å². The molecule has 5 rings (SSSR count). The third kappa shape index (κ3) is 5.09. The van der Waals surface area contributed by atoms with Gasteiger partial charge in [-0.05, 0) is 61.1 Å². The lowest BCUT2D eigenvalue weighted by atomic mass is 9.71. The van der Waals surface area contributed by atoms with E-state index < -0.39 is 5.92 Å². The van der Waals surface area contributed by atoms with Crippen LogP contribution in [0.4, 0.5) is 0 Å². The molecule has 2 aliphatic carbocycles. The Hall–Kier alpha value is -2.80. The van der Waals surface area contributed by atoms with Crippen LogP contribution in [0.1, 0.15) is 55.6 Å². The number of hydrogen-bond acceptors (Lipinski definition) is 6. The number of rotatable bonds is 8. The van der Waals surface area contributed by atoms with E-state index in [1.165, 1.54) is 0 Å². The number of nitrogens with zero attached hydrogens (tertiary/aromatic N) is 1. The van der Waals surface area contributed by atoms with Gasteiger partial charge in [-0.25, -0.2) is 0 Å². The fraction of sp³-hybridized carbons (Fsp3) is 0.400. The van der Waals surface area contributed by atoms with Gasteiger partial charge in [-0.2, -0.15) is 0 Å². The average Bonchev–Trinajstić information content (AvgIpc) is 2.90. The molecular formula is C30H31Cl2NO5. The van der Waals surface area contributed by atoms with Crippen molar-refractivity contribution in [3.8, 4) is 11.5 Å². The summed E-state index contributed by atoms with van der Waals surface area (Å²) in [5, 5.41) is 0.984. The Balaban J connectivity index is 1.59. The van der Waals surface area contributed by atoms with Crippen molar-refractivity contribution in [1.82, 2.24) is 4.90 Å². The highest BCUT2D eigenvalue weighted by Gasteiger charge is 2.43. The Morgan fingerprint density at radius 2 is 1.61 bits per heavy atom. The summed E-state index contributed by atoms with van der Waals surface area (Å²) >= 11 is 12.9. The molecule has 0 bridgehead atoms. The van der Waals surface area contributed by atoms with Gasteiger partial charge >= 0.3 is 0 Å². The molecule has 1 aliphatic heterocycles. The molecule has 200 valence electrons. The van der Waals surface area contributed by atoms with E-state index in [1.807, 2.05) is 30.3 Å². The van der Waals surface area contributed by atoms with Crippen LogP contribution in [0.5, 0.6) is 11.5 Å². The Labute approximate surface area is 233 Å². The number of halogens is 2. The highest BCUT2D eigenvalue weighted by Crippen LogP contribution is 2.51. The zero-order valence-corrected chi connectivity index (χ0v) is 23.2. The fourth-order valence-corrected chi connectivity index (χ4v) is 6.32. The lowest BCUT2D eigenvalue weighted by Crippen LogP contribution is -2.40. The van der Waals surface area contributed by atoms with Crippen LogP contribution in [0.2, 0.25) is 10.0 Å². The number of Topliss-reactive ketones (excluding diaryl/α,β-unsaturated/α-hetero) is 2. The van der Waals surface area contributed by atoms with Crippen LogP contribution in [0.3, 0.4) is 0 Å². The molecule has 0 amide bonds. The van der Waals surface area contributed by atoms with Crippen LogP contribution in [0, 0.1) is 0 Å². The number of ketones is 2. The van der Waals surface area contributed by atoms with Gasteiger partial charge in [-0.15, -0.1) is 0 Å². The number of carbonyl (C=O) groups is 2. The van der Waals surface area contributed by atoms with Crippen LogP contribution in [0.25, 0.3) is 0 Å². The number of methoxy groups -OCH3 is 2. The van der Waals surface area contributed by atoms with Crippen molar-refractivity contribution in [2.24, 2.45) is 0 Å². The van der Waals surface area contributed by atoms with Crippen molar-refractivity contribution >= 4 is 34.8 Å². The number of benzene rings is 2. The molecule has 0 aromatic heterocycles. The standard InChI is InChI=1S/C30H31Cl2NO5/c1-36-13-12-33-22-8-4-10-24(34)28(22)27(29-23(33)9-5-11-25(29)35)19-15-21(32)30(26(16-19)37-2)38-17-18-6-3-7-20(31)14-18/h3,6-7,14-16,27H,4-5,8-13,17H2,1-2H3. The molecule has 0 unspecified atom stereocenters. The first-order valence-electron chi connectivity index (χ1n) is 13.0. The minimum absolute atomic E-state index is 0.0833. The van der Waals surface area contributed by atoms with E-state index in [1.54, 1.807) is 20.3 Å². The summed E-state index contributed by atoms with van der Waals surface area (Å²) in [6.07, 6.45) is 4.11. The average molecular weight is 556 g/mol. The first-order valence-corrected chi connectivity index (χ1v) is 13.7. The highest BCUT2D eigenvalue weighted by atomic mass is 35.5. The molecule has 0 saturated heterocycles. The van der Waals surface area contributed by atoms with Crippen LogP contribution in [-0.2, 0) is 20.9 Å². The Bertz CT molecular complexity index is 1290. The first kappa shape index (κ1) is 26.8. The van der Waals surface area contributed by atoms with E-state index >= 15 is 0 Å². The second-order valence-corrected chi connectivity index (χ2v) is 10.6. The topological polar surface area (TPSA) is 65.1 Å². The second-order valence-electron chi connectivity index (χ2n) is 9.80.